The summed E-state index contributed by atoms with van der Waals surface area (Å²) in [4.78, 5) is 0. The van der Waals surface area contributed by atoms with Gasteiger partial charge in [0.05, 0.1) is 6.20 Å². The molecular weight excluding hydrogens is 124 g/mol. The van der Waals surface area contributed by atoms with Gasteiger partial charge < -0.3 is 0 Å². The van der Waals surface area contributed by atoms with Gasteiger partial charge in [-0.15, -0.1) is 0 Å². The topological polar surface area (TPSA) is 28.7 Å². The van der Waals surface area contributed by atoms with Crippen LogP contribution in [-0.4, -0.2) is 10.2 Å². The molecule has 1 aromatic heterocycles. The lowest BCUT2D eigenvalue weighted by Crippen LogP contribution is -1.84. The highest BCUT2D eigenvalue weighted by Crippen LogP contribution is 2.39. The standard InChI is InChI=1S/C8H12N2/c1-6-2-8(6)3-7-4-9-10-5-7/h4-6,8H,2-3H2,1H3,(H,9,10)/t6-,8?/m0/s1. The summed E-state index contributed by atoms with van der Waals surface area (Å²) >= 11 is 0. The van der Waals surface area contributed by atoms with E-state index in [0.29, 0.717) is 0 Å². The van der Waals surface area contributed by atoms with Crippen LogP contribution < -0.4 is 0 Å². The summed E-state index contributed by atoms with van der Waals surface area (Å²) in [5.74, 6) is 1.90. The number of rotatable bonds is 2. The minimum atomic E-state index is 0.942. The summed E-state index contributed by atoms with van der Waals surface area (Å²) in [6.45, 7) is 2.31. The molecule has 0 spiro atoms. The summed E-state index contributed by atoms with van der Waals surface area (Å²) < 4.78 is 0. The van der Waals surface area contributed by atoms with E-state index in [1.807, 2.05) is 12.4 Å². The average molecular weight is 136 g/mol. The summed E-state index contributed by atoms with van der Waals surface area (Å²) in [6.07, 6.45) is 6.54. The van der Waals surface area contributed by atoms with Gasteiger partial charge in [-0.25, -0.2) is 0 Å². The van der Waals surface area contributed by atoms with Crippen molar-refractivity contribution in [3.63, 3.8) is 0 Å². The molecule has 1 aromatic rings. The van der Waals surface area contributed by atoms with E-state index in [1.54, 1.807) is 0 Å². The molecule has 0 saturated heterocycles. The van der Waals surface area contributed by atoms with Gasteiger partial charge >= 0.3 is 0 Å². The first-order valence-corrected chi connectivity index (χ1v) is 3.84. The lowest BCUT2D eigenvalue weighted by Gasteiger charge is -1.90. The maximum atomic E-state index is 3.90. The van der Waals surface area contributed by atoms with Crippen LogP contribution in [0.25, 0.3) is 0 Å². The molecule has 54 valence electrons. The normalized spacial score (nSPS) is 30.5. The van der Waals surface area contributed by atoms with Crippen LogP contribution in [0.2, 0.25) is 0 Å². The maximum absolute atomic E-state index is 3.90. The number of aromatic amines is 1. The van der Waals surface area contributed by atoms with Gasteiger partial charge in [-0.2, -0.15) is 5.10 Å². The predicted octanol–water partition coefficient (Wildman–Crippen LogP) is 1.61. The minimum Gasteiger partial charge on any atom is -0.285 e. The van der Waals surface area contributed by atoms with Gasteiger partial charge in [0.15, 0.2) is 0 Å². The second-order valence-corrected chi connectivity index (χ2v) is 3.28. The third kappa shape index (κ3) is 1.06. The monoisotopic (exact) mass is 136 g/mol. The van der Waals surface area contributed by atoms with Crippen LogP contribution in [0.1, 0.15) is 18.9 Å². The number of nitrogens with zero attached hydrogens (tertiary/aromatic N) is 1. The van der Waals surface area contributed by atoms with E-state index in [-0.39, 0.29) is 0 Å². The van der Waals surface area contributed by atoms with E-state index in [2.05, 4.69) is 17.1 Å². The fourth-order valence-electron chi connectivity index (χ4n) is 1.38. The molecule has 1 unspecified atom stereocenters. The highest BCUT2D eigenvalue weighted by molar-refractivity contribution is 5.06. The Morgan fingerprint density at radius 3 is 3.10 bits per heavy atom. The van der Waals surface area contributed by atoms with Crippen molar-refractivity contribution in [1.82, 2.24) is 10.2 Å². The van der Waals surface area contributed by atoms with Crippen molar-refractivity contribution in [3.8, 4) is 0 Å². The van der Waals surface area contributed by atoms with E-state index >= 15 is 0 Å². The van der Waals surface area contributed by atoms with Crippen LogP contribution >= 0.6 is 0 Å². The lowest BCUT2D eigenvalue weighted by atomic mass is 10.1. The van der Waals surface area contributed by atoms with Crippen LogP contribution in [0.5, 0.6) is 0 Å². The van der Waals surface area contributed by atoms with Crippen molar-refractivity contribution in [2.45, 2.75) is 19.8 Å². The van der Waals surface area contributed by atoms with Gasteiger partial charge in [0, 0.05) is 6.20 Å². The zero-order valence-corrected chi connectivity index (χ0v) is 6.17. The summed E-state index contributed by atoms with van der Waals surface area (Å²) in [5, 5.41) is 6.73. The van der Waals surface area contributed by atoms with E-state index in [9.17, 15) is 0 Å². The fraction of sp³-hybridized carbons (Fsp3) is 0.625. The number of nitrogens with one attached hydrogen (secondary N) is 1. The third-order valence-electron chi connectivity index (χ3n) is 2.33. The van der Waals surface area contributed by atoms with Crippen LogP contribution in [0.3, 0.4) is 0 Å². The molecule has 0 bridgehead atoms. The molecule has 10 heavy (non-hydrogen) atoms. The second-order valence-electron chi connectivity index (χ2n) is 3.28. The van der Waals surface area contributed by atoms with Gasteiger partial charge in [-0.3, -0.25) is 5.10 Å². The molecule has 1 N–H and O–H groups in total. The van der Waals surface area contributed by atoms with Crippen molar-refractivity contribution in [2.24, 2.45) is 11.8 Å². The Kier molecular flexibility index (Phi) is 1.26. The SMILES string of the molecule is C[C@H]1CC1Cc1cn[nH]c1. The summed E-state index contributed by atoms with van der Waals surface area (Å²) in [5.41, 5.74) is 1.36. The molecule has 2 rings (SSSR count). The predicted molar refractivity (Wildman–Crippen MR) is 39.6 cm³/mol. The molecule has 1 aliphatic rings. The van der Waals surface area contributed by atoms with Crippen molar-refractivity contribution in [2.75, 3.05) is 0 Å². The lowest BCUT2D eigenvalue weighted by molar-refractivity contribution is 0.747. The Bertz CT molecular complexity index is 203. The van der Waals surface area contributed by atoms with Crippen LogP contribution in [0, 0.1) is 11.8 Å². The highest BCUT2D eigenvalue weighted by Gasteiger charge is 2.32. The van der Waals surface area contributed by atoms with Crippen molar-refractivity contribution in [3.05, 3.63) is 18.0 Å². The Labute approximate surface area is 60.6 Å². The minimum absolute atomic E-state index is 0.942. The van der Waals surface area contributed by atoms with Gasteiger partial charge in [-0.05, 0) is 30.2 Å². The smallest absolute Gasteiger partial charge is 0.0519 e. The zero-order valence-electron chi connectivity index (χ0n) is 6.17. The Hall–Kier alpha value is -0.790. The quantitative estimate of drug-likeness (QED) is 0.657. The first-order chi connectivity index (χ1) is 4.86. The highest BCUT2D eigenvalue weighted by atomic mass is 15.1. The fourth-order valence-corrected chi connectivity index (χ4v) is 1.38. The molecule has 1 fully saturated rings. The maximum Gasteiger partial charge on any atom is 0.0519 e. The molecule has 2 atom stereocenters. The number of H-pyrrole nitrogens is 1. The zero-order chi connectivity index (χ0) is 6.97. The van der Waals surface area contributed by atoms with Gasteiger partial charge in [0.2, 0.25) is 0 Å². The van der Waals surface area contributed by atoms with E-state index in [1.165, 1.54) is 18.4 Å². The summed E-state index contributed by atoms with van der Waals surface area (Å²) in [7, 11) is 0. The van der Waals surface area contributed by atoms with E-state index in [0.717, 1.165) is 11.8 Å². The van der Waals surface area contributed by atoms with Gasteiger partial charge in [-0.1, -0.05) is 6.92 Å². The number of hydrogen-bond acceptors (Lipinski definition) is 1. The molecule has 2 nitrogen and oxygen atoms in total. The van der Waals surface area contributed by atoms with Gasteiger partial charge in [0.1, 0.15) is 0 Å². The molecule has 0 aliphatic heterocycles. The molecular formula is C8H12N2. The second kappa shape index (κ2) is 2.11. The van der Waals surface area contributed by atoms with Crippen molar-refractivity contribution >= 4 is 0 Å². The first kappa shape index (κ1) is 5.96. The molecule has 0 radical (unpaired) electrons. The molecule has 0 amide bonds. The van der Waals surface area contributed by atoms with Crippen molar-refractivity contribution in [1.29, 1.82) is 0 Å². The third-order valence-corrected chi connectivity index (χ3v) is 2.33. The Morgan fingerprint density at radius 2 is 2.60 bits per heavy atom. The molecule has 0 aromatic carbocycles. The molecule has 1 heterocycles. The molecule has 1 saturated carbocycles. The van der Waals surface area contributed by atoms with E-state index < -0.39 is 0 Å². The first-order valence-electron chi connectivity index (χ1n) is 3.84. The van der Waals surface area contributed by atoms with Crippen molar-refractivity contribution < 1.29 is 0 Å². The average Bonchev–Trinajstić information content (AvgIpc) is 2.48. The number of aromatic nitrogens is 2. The van der Waals surface area contributed by atoms with E-state index in [4.69, 9.17) is 0 Å². The molecule has 2 heteroatoms. The van der Waals surface area contributed by atoms with Crippen LogP contribution in [0.4, 0.5) is 0 Å². The van der Waals surface area contributed by atoms with Gasteiger partial charge in [0.25, 0.3) is 0 Å². The Balaban J connectivity index is 1.93. The molecule has 1 aliphatic carbocycles. The summed E-state index contributed by atoms with van der Waals surface area (Å²) in [6, 6.07) is 0. The van der Waals surface area contributed by atoms with Crippen LogP contribution in [-0.2, 0) is 6.42 Å². The largest absolute Gasteiger partial charge is 0.285 e. The number of hydrogen-bond donors (Lipinski definition) is 1. The Morgan fingerprint density at radius 1 is 1.80 bits per heavy atom. The van der Waals surface area contributed by atoms with Crippen LogP contribution in [0.15, 0.2) is 12.4 Å².